The minimum atomic E-state index is 0.289. The maximum absolute atomic E-state index is 10.7. The summed E-state index contributed by atoms with van der Waals surface area (Å²) in [4.78, 5) is 10.7. The molecule has 80 valence electrons. The fourth-order valence-electron chi connectivity index (χ4n) is 2.27. The third-order valence-electron chi connectivity index (χ3n) is 3.39. The summed E-state index contributed by atoms with van der Waals surface area (Å²) < 4.78 is 0. The fourth-order valence-corrected chi connectivity index (χ4v) is 2.27. The minimum Gasteiger partial charge on any atom is -0.508 e. The van der Waals surface area contributed by atoms with Crippen molar-refractivity contribution in [1.29, 1.82) is 0 Å². The summed E-state index contributed by atoms with van der Waals surface area (Å²) in [7, 11) is 0. The van der Waals surface area contributed by atoms with Crippen molar-refractivity contribution >= 4 is 6.29 Å². The van der Waals surface area contributed by atoms with Crippen LogP contribution in [-0.2, 0) is 4.79 Å². The predicted molar refractivity (Wildman–Crippen MR) is 58.9 cm³/mol. The SMILES string of the molecule is O=CCC(c1ccc(O)cc1)C1CCC1. The van der Waals surface area contributed by atoms with E-state index in [0.29, 0.717) is 18.3 Å². The fraction of sp³-hybridized carbons (Fsp3) is 0.462. The van der Waals surface area contributed by atoms with Crippen LogP contribution in [0.2, 0.25) is 0 Å². The van der Waals surface area contributed by atoms with Crippen molar-refractivity contribution in [2.24, 2.45) is 5.92 Å². The van der Waals surface area contributed by atoms with Crippen molar-refractivity contribution in [3.05, 3.63) is 29.8 Å². The monoisotopic (exact) mass is 204 g/mol. The number of rotatable bonds is 4. The lowest BCUT2D eigenvalue weighted by atomic mass is 9.72. The second kappa shape index (κ2) is 4.47. The largest absolute Gasteiger partial charge is 0.508 e. The number of phenols is 1. The van der Waals surface area contributed by atoms with Gasteiger partial charge in [0.15, 0.2) is 0 Å². The van der Waals surface area contributed by atoms with Crippen LogP contribution in [0.1, 0.15) is 37.2 Å². The molecular formula is C13H16O2. The van der Waals surface area contributed by atoms with Crippen LogP contribution < -0.4 is 0 Å². The first-order chi connectivity index (χ1) is 7.31. The molecule has 0 aromatic heterocycles. The second-order valence-corrected chi connectivity index (χ2v) is 4.29. The molecule has 0 spiro atoms. The molecule has 1 N–H and O–H groups in total. The van der Waals surface area contributed by atoms with Crippen molar-refractivity contribution in [2.45, 2.75) is 31.6 Å². The second-order valence-electron chi connectivity index (χ2n) is 4.29. The van der Waals surface area contributed by atoms with Crippen LogP contribution >= 0.6 is 0 Å². The van der Waals surface area contributed by atoms with Gasteiger partial charge in [-0.3, -0.25) is 0 Å². The minimum absolute atomic E-state index is 0.289. The van der Waals surface area contributed by atoms with Crippen LogP contribution in [0.4, 0.5) is 0 Å². The lowest BCUT2D eigenvalue weighted by Crippen LogP contribution is -2.20. The molecule has 0 heterocycles. The van der Waals surface area contributed by atoms with E-state index in [1.165, 1.54) is 24.8 Å². The van der Waals surface area contributed by atoms with Gasteiger partial charge in [-0.25, -0.2) is 0 Å². The van der Waals surface area contributed by atoms with Gasteiger partial charge in [-0.2, -0.15) is 0 Å². The van der Waals surface area contributed by atoms with E-state index in [1.807, 2.05) is 12.1 Å². The summed E-state index contributed by atoms with van der Waals surface area (Å²) in [6.07, 6.45) is 5.38. The summed E-state index contributed by atoms with van der Waals surface area (Å²) in [5.74, 6) is 1.31. The van der Waals surface area contributed by atoms with Crippen LogP contribution in [0, 0.1) is 5.92 Å². The maximum Gasteiger partial charge on any atom is 0.120 e. The molecule has 0 amide bonds. The van der Waals surface area contributed by atoms with Crippen molar-refractivity contribution in [3.8, 4) is 5.75 Å². The molecule has 1 aliphatic rings. The van der Waals surface area contributed by atoms with Gasteiger partial charge in [-0.15, -0.1) is 0 Å². The standard InChI is InChI=1S/C13H16O2/c14-9-8-13(10-2-1-3-10)11-4-6-12(15)7-5-11/h4-7,9-10,13,15H,1-3,8H2. The molecule has 0 bridgehead atoms. The lowest BCUT2D eigenvalue weighted by molar-refractivity contribution is -0.108. The summed E-state index contributed by atoms with van der Waals surface area (Å²) >= 11 is 0. The van der Waals surface area contributed by atoms with Gasteiger partial charge in [-0.1, -0.05) is 18.6 Å². The number of carbonyl (C=O) groups excluding carboxylic acids is 1. The van der Waals surface area contributed by atoms with Crippen molar-refractivity contribution in [3.63, 3.8) is 0 Å². The first kappa shape index (κ1) is 10.2. The molecule has 1 fully saturated rings. The Morgan fingerprint density at radius 1 is 1.33 bits per heavy atom. The molecule has 2 rings (SSSR count). The normalized spacial score (nSPS) is 18.1. The van der Waals surface area contributed by atoms with Crippen LogP contribution in [0.5, 0.6) is 5.75 Å². The molecule has 2 heteroatoms. The van der Waals surface area contributed by atoms with Gasteiger partial charge in [0.05, 0.1) is 0 Å². The molecule has 1 saturated carbocycles. The quantitative estimate of drug-likeness (QED) is 0.766. The van der Waals surface area contributed by atoms with Gasteiger partial charge in [0, 0.05) is 6.42 Å². The zero-order valence-corrected chi connectivity index (χ0v) is 8.73. The Labute approximate surface area is 89.9 Å². The molecule has 0 radical (unpaired) electrons. The molecule has 1 aromatic rings. The number of phenolic OH excluding ortho intramolecular Hbond substituents is 1. The van der Waals surface area contributed by atoms with Gasteiger partial charge in [0.2, 0.25) is 0 Å². The smallest absolute Gasteiger partial charge is 0.120 e. The molecule has 1 atom stereocenters. The summed E-state index contributed by atoms with van der Waals surface area (Å²) in [5.41, 5.74) is 1.18. The molecule has 0 saturated heterocycles. The average molecular weight is 204 g/mol. The van der Waals surface area contributed by atoms with E-state index < -0.39 is 0 Å². The van der Waals surface area contributed by atoms with E-state index in [9.17, 15) is 9.90 Å². The Hall–Kier alpha value is -1.31. The molecule has 1 aliphatic carbocycles. The molecule has 1 aromatic carbocycles. The topological polar surface area (TPSA) is 37.3 Å². The average Bonchev–Trinajstić information content (AvgIpc) is 2.16. The predicted octanol–water partition coefficient (Wildman–Crippen LogP) is 2.86. The summed E-state index contributed by atoms with van der Waals surface area (Å²) in [5, 5.41) is 9.21. The van der Waals surface area contributed by atoms with Gasteiger partial charge in [-0.05, 0) is 42.4 Å². The molecule has 2 nitrogen and oxygen atoms in total. The lowest BCUT2D eigenvalue weighted by Gasteiger charge is -2.33. The zero-order valence-electron chi connectivity index (χ0n) is 8.73. The number of benzene rings is 1. The Bertz CT molecular complexity index is 325. The van der Waals surface area contributed by atoms with Gasteiger partial charge < -0.3 is 9.90 Å². The highest BCUT2D eigenvalue weighted by Crippen LogP contribution is 2.40. The number of carbonyl (C=O) groups is 1. The van der Waals surface area contributed by atoms with Crippen molar-refractivity contribution in [1.82, 2.24) is 0 Å². The Morgan fingerprint density at radius 3 is 2.47 bits per heavy atom. The van der Waals surface area contributed by atoms with E-state index >= 15 is 0 Å². The molecule has 1 unspecified atom stereocenters. The Kier molecular flexibility index (Phi) is 3.05. The van der Waals surface area contributed by atoms with E-state index in [4.69, 9.17) is 0 Å². The highest BCUT2D eigenvalue weighted by Gasteiger charge is 2.27. The maximum atomic E-state index is 10.7. The Morgan fingerprint density at radius 2 is 2.00 bits per heavy atom. The number of aromatic hydroxyl groups is 1. The van der Waals surface area contributed by atoms with E-state index in [0.717, 1.165) is 6.29 Å². The highest BCUT2D eigenvalue weighted by atomic mass is 16.3. The van der Waals surface area contributed by atoms with Crippen molar-refractivity contribution < 1.29 is 9.90 Å². The van der Waals surface area contributed by atoms with E-state index in [2.05, 4.69) is 0 Å². The summed E-state index contributed by atoms with van der Waals surface area (Å²) in [6.45, 7) is 0. The van der Waals surface area contributed by atoms with E-state index in [1.54, 1.807) is 12.1 Å². The Balaban J connectivity index is 2.15. The third kappa shape index (κ3) is 2.20. The van der Waals surface area contributed by atoms with Crippen LogP contribution in [0.3, 0.4) is 0 Å². The highest BCUT2D eigenvalue weighted by molar-refractivity contribution is 5.52. The van der Waals surface area contributed by atoms with Gasteiger partial charge in [0.25, 0.3) is 0 Å². The van der Waals surface area contributed by atoms with Crippen LogP contribution in [0.25, 0.3) is 0 Å². The molecule has 15 heavy (non-hydrogen) atoms. The molecular weight excluding hydrogens is 188 g/mol. The molecule has 0 aliphatic heterocycles. The van der Waals surface area contributed by atoms with Crippen LogP contribution in [-0.4, -0.2) is 11.4 Å². The number of hydrogen-bond donors (Lipinski definition) is 1. The number of hydrogen-bond acceptors (Lipinski definition) is 2. The van der Waals surface area contributed by atoms with E-state index in [-0.39, 0.29) is 5.75 Å². The van der Waals surface area contributed by atoms with Crippen molar-refractivity contribution in [2.75, 3.05) is 0 Å². The third-order valence-corrected chi connectivity index (χ3v) is 3.39. The first-order valence-corrected chi connectivity index (χ1v) is 5.54. The van der Waals surface area contributed by atoms with Crippen LogP contribution in [0.15, 0.2) is 24.3 Å². The van der Waals surface area contributed by atoms with Gasteiger partial charge in [0.1, 0.15) is 12.0 Å². The summed E-state index contributed by atoms with van der Waals surface area (Å²) in [6, 6.07) is 7.27. The number of aldehydes is 1. The first-order valence-electron chi connectivity index (χ1n) is 5.54. The zero-order chi connectivity index (χ0) is 10.7. The van der Waals surface area contributed by atoms with Gasteiger partial charge >= 0.3 is 0 Å².